The van der Waals surface area contributed by atoms with Crippen molar-refractivity contribution in [3.63, 3.8) is 0 Å². The summed E-state index contributed by atoms with van der Waals surface area (Å²) in [4.78, 5) is 23.0. The molecular weight excluding hydrogens is 274 g/mol. The Hall–Kier alpha value is -1.95. The zero-order valence-electron chi connectivity index (χ0n) is 11.7. The Morgan fingerprint density at radius 3 is 2.60 bits per heavy atom. The Bertz CT molecular complexity index is 503. The van der Waals surface area contributed by atoms with Crippen LogP contribution < -0.4 is 16.0 Å². The van der Waals surface area contributed by atoms with Crippen LogP contribution in [0, 0.1) is 0 Å². The molecule has 0 aromatic heterocycles. The van der Waals surface area contributed by atoms with Crippen LogP contribution in [0.15, 0.2) is 24.3 Å². The van der Waals surface area contributed by atoms with Gasteiger partial charge in [0.15, 0.2) is 5.11 Å². The molecule has 0 heterocycles. The summed E-state index contributed by atoms with van der Waals surface area (Å²) >= 11 is 4.99. The van der Waals surface area contributed by atoms with Gasteiger partial charge in [0.25, 0.3) is 5.91 Å². The topological polar surface area (TPSA) is 70.2 Å². The average Bonchev–Trinajstić information content (AvgIpc) is 2.38. The van der Waals surface area contributed by atoms with E-state index in [0.717, 1.165) is 12.8 Å². The number of anilines is 1. The van der Waals surface area contributed by atoms with Crippen molar-refractivity contribution in [3.05, 3.63) is 29.8 Å². The second kappa shape index (κ2) is 8.27. The fraction of sp³-hybridized carbons (Fsp3) is 0.357. The summed E-state index contributed by atoms with van der Waals surface area (Å²) in [6.07, 6.45) is 1.96. The second-order valence-electron chi connectivity index (χ2n) is 4.29. The van der Waals surface area contributed by atoms with Gasteiger partial charge in [0.05, 0.1) is 11.3 Å². The number of hydrogen-bond donors (Lipinski definition) is 3. The molecule has 1 rings (SSSR count). The molecule has 0 fully saturated rings. The molecule has 6 heteroatoms. The molecule has 1 aromatic carbocycles. The van der Waals surface area contributed by atoms with E-state index < -0.39 is 0 Å². The molecule has 0 unspecified atom stereocenters. The molecule has 5 nitrogen and oxygen atoms in total. The first-order chi connectivity index (χ1) is 9.54. The van der Waals surface area contributed by atoms with Crippen molar-refractivity contribution in [1.29, 1.82) is 0 Å². The van der Waals surface area contributed by atoms with Crippen molar-refractivity contribution in [2.24, 2.45) is 0 Å². The molecule has 0 aliphatic rings. The summed E-state index contributed by atoms with van der Waals surface area (Å²) in [6.45, 7) is 4.07. The number of unbranched alkanes of at least 4 members (excludes halogenated alkanes) is 1. The third-order valence-corrected chi connectivity index (χ3v) is 2.73. The number of thiocarbonyl (C=S) groups is 1. The quantitative estimate of drug-likeness (QED) is 0.574. The number of amides is 2. The Kier molecular flexibility index (Phi) is 6.66. The monoisotopic (exact) mass is 293 g/mol. The normalized spacial score (nSPS) is 9.70. The first-order valence-corrected chi connectivity index (χ1v) is 6.91. The van der Waals surface area contributed by atoms with Crippen LogP contribution in [-0.4, -0.2) is 23.5 Å². The fourth-order valence-corrected chi connectivity index (χ4v) is 1.83. The molecule has 0 saturated carbocycles. The van der Waals surface area contributed by atoms with Crippen LogP contribution in [0.25, 0.3) is 0 Å². The summed E-state index contributed by atoms with van der Waals surface area (Å²) in [5.74, 6) is -0.417. The minimum atomic E-state index is -0.257. The Balaban J connectivity index is 2.74. The molecule has 108 valence electrons. The van der Waals surface area contributed by atoms with Crippen molar-refractivity contribution in [2.75, 3.05) is 11.9 Å². The van der Waals surface area contributed by atoms with Crippen LogP contribution in [-0.2, 0) is 4.79 Å². The highest BCUT2D eigenvalue weighted by molar-refractivity contribution is 7.80. The molecule has 0 spiro atoms. The fourth-order valence-electron chi connectivity index (χ4n) is 1.58. The Labute approximate surface area is 124 Å². The first kappa shape index (κ1) is 16.1. The summed E-state index contributed by atoms with van der Waals surface area (Å²) in [7, 11) is 0. The van der Waals surface area contributed by atoms with E-state index in [-0.39, 0.29) is 16.9 Å². The van der Waals surface area contributed by atoms with E-state index in [1.165, 1.54) is 6.92 Å². The minimum absolute atomic E-state index is 0.160. The van der Waals surface area contributed by atoms with Gasteiger partial charge in [-0.15, -0.1) is 0 Å². The first-order valence-electron chi connectivity index (χ1n) is 6.50. The lowest BCUT2D eigenvalue weighted by atomic mass is 10.1. The number of nitrogens with one attached hydrogen (secondary N) is 3. The number of carbonyl (C=O) groups excluding carboxylic acids is 2. The molecule has 0 aliphatic heterocycles. The smallest absolute Gasteiger partial charge is 0.253 e. The summed E-state index contributed by atoms with van der Waals surface area (Å²) in [5, 5.41) is 8.33. The Morgan fingerprint density at radius 1 is 1.25 bits per heavy atom. The van der Waals surface area contributed by atoms with E-state index in [4.69, 9.17) is 12.2 Å². The van der Waals surface area contributed by atoms with Crippen LogP contribution in [0.5, 0.6) is 0 Å². The van der Waals surface area contributed by atoms with Crippen molar-refractivity contribution in [2.45, 2.75) is 26.7 Å². The van der Waals surface area contributed by atoms with E-state index in [1.54, 1.807) is 24.3 Å². The van der Waals surface area contributed by atoms with Gasteiger partial charge >= 0.3 is 0 Å². The van der Waals surface area contributed by atoms with Crippen LogP contribution in [0.2, 0.25) is 0 Å². The largest absolute Gasteiger partial charge is 0.352 e. The predicted octanol–water partition coefficient (Wildman–Crippen LogP) is 2.05. The van der Waals surface area contributed by atoms with Crippen molar-refractivity contribution < 1.29 is 9.59 Å². The van der Waals surface area contributed by atoms with Gasteiger partial charge in [-0.05, 0) is 30.8 Å². The van der Waals surface area contributed by atoms with Gasteiger partial charge < -0.3 is 16.0 Å². The number of carbonyl (C=O) groups is 2. The molecule has 1 aromatic rings. The second-order valence-corrected chi connectivity index (χ2v) is 4.70. The standard InChI is InChI=1S/C14H19N3O2S/c1-3-4-9-15-13(19)11-7-5-6-8-12(11)17-14(20)16-10(2)18/h5-8H,3-4,9H2,1-2H3,(H,15,19)(H2,16,17,18,20). The van der Waals surface area contributed by atoms with Crippen molar-refractivity contribution >= 4 is 34.8 Å². The average molecular weight is 293 g/mol. The zero-order valence-corrected chi connectivity index (χ0v) is 12.5. The maximum absolute atomic E-state index is 12.1. The third-order valence-electron chi connectivity index (χ3n) is 2.53. The number of rotatable bonds is 5. The van der Waals surface area contributed by atoms with Crippen LogP contribution in [0.4, 0.5) is 5.69 Å². The zero-order chi connectivity index (χ0) is 15.0. The predicted molar refractivity (Wildman–Crippen MR) is 83.7 cm³/mol. The van der Waals surface area contributed by atoms with E-state index in [2.05, 4.69) is 22.9 Å². The highest BCUT2D eigenvalue weighted by Gasteiger charge is 2.11. The SMILES string of the molecule is CCCCNC(=O)c1ccccc1NC(=S)NC(C)=O. The van der Waals surface area contributed by atoms with Crippen LogP contribution >= 0.6 is 12.2 Å². The molecule has 2 amide bonds. The van der Waals surface area contributed by atoms with E-state index >= 15 is 0 Å². The van der Waals surface area contributed by atoms with Gasteiger partial charge in [-0.2, -0.15) is 0 Å². The van der Waals surface area contributed by atoms with E-state index in [0.29, 0.717) is 17.8 Å². The van der Waals surface area contributed by atoms with Crippen molar-refractivity contribution in [1.82, 2.24) is 10.6 Å². The summed E-state index contributed by atoms with van der Waals surface area (Å²) in [6, 6.07) is 7.02. The van der Waals surface area contributed by atoms with Crippen LogP contribution in [0.1, 0.15) is 37.0 Å². The molecule has 0 aliphatic carbocycles. The van der Waals surface area contributed by atoms with Gasteiger partial charge in [0.1, 0.15) is 0 Å². The Morgan fingerprint density at radius 2 is 1.95 bits per heavy atom. The highest BCUT2D eigenvalue weighted by atomic mass is 32.1. The lowest BCUT2D eigenvalue weighted by Gasteiger charge is -2.12. The highest BCUT2D eigenvalue weighted by Crippen LogP contribution is 2.14. The number of benzene rings is 1. The van der Waals surface area contributed by atoms with E-state index in [9.17, 15) is 9.59 Å². The maximum atomic E-state index is 12.1. The molecule has 0 saturated heterocycles. The lowest BCUT2D eigenvalue weighted by Crippen LogP contribution is -2.33. The summed E-state index contributed by atoms with van der Waals surface area (Å²) in [5.41, 5.74) is 1.07. The maximum Gasteiger partial charge on any atom is 0.253 e. The number of para-hydroxylation sites is 1. The summed E-state index contributed by atoms with van der Waals surface area (Å²) < 4.78 is 0. The van der Waals surface area contributed by atoms with Gasteiger partial charge in [-0.1, -0.05) is 25.5 Å². The third kappa shape index (κ3) is 5.36. The van der Waals surface area contributed by atoms with Gasteiger partial charge in [-0.25, -0.2) is 0 Å². The molecular formula is C14H19N3O2S. The van der Waals surface area contributed by atoms with Crippen molar-refractivity contribution in [3.8, 4) is 0 Å². The van der Waals surface area contributed by atoms with Crippen LogP contribution in [0.3, 0.4) is 0 Å². The number of hydrogen-bond acceptors (Lipinski definition) is 3. The molecule has 20 heavy (non-hydrogen) atoms. The van der Waals surface area contributed by atoms with E-state index in [1.807, 2.05) is 0 Å². The minimum Gasteiger partial charge on any atom is -0.352 e. The van der Waals surface area contributed by atoms with Gasteiger partial charge in [0, 0.05) is 13.5 Å². The molecule has 0 bridgehead atoms. The lowest BCUT2D eigenvalue weighted by molar-refractivity contribution is -0.117. The van der Waals surface area contributed by atoms with Gasteiger partial charge in [0.2, 0.25) is 5.91 Å². The molecule has 0 atom stereocenters. The van der Waals surface area contributed by atoms with Gasteiger partial charge in [-0.3, -0.25) is 9.59 Å². The molecule has 0 radical (unpaired) electrons. The molecule has 3 N–H and O–H groups in total.